The standard InChI is InChI=1S/C23H22N4O6S/c24-19(28)12-33-14-7-8-16-18(11-14)34(31,32)26-22(25-16)20-21(29)15-3-1-2-4-17(15)27(23(20)30)10-9-13-5-6-13/h1-4,7-8,11,13,29H,5-6,9-10,12H2,(H2,24,28)(H,25,26). The van der Waals surface area contributed by atoms with Crippen LogP contribution in [0, 0.1) is 5.92 Å². The summed E-state index contributed by atoms with van der Waals surface area (Å²) in [4.78, 5) is 24.2. The minimum absolute atomic E-state index is 0.123. The number of para-hydroxylation sites is 1. The van der Waals surface area contributed by atoms with E-state index in [9.17, 15) is 23.1 Å². The molecule has 4 N–H and O–H groups in total. The number of aromatic hydroxyl groups is 1. The normalized spacial score (nSPS) is 16.4. The number of rotatable bonds is 7. The smallest absolute Gasteiger partial charge is 0.286 e. The number of amides is 1. The van der Waals surface area contributed by atoms with Crippen LogP contribution >= 0.6 is 0 Å². The minimum atomic E-state index is -4.25. The maximum Gasteiger partial charge on any atom is 0.286 e. The molecule has 3 aromatic rings. The number of primary amides is 1. The fourth-order valence-electron chi connectivity index (χ4n) is 4.03. The Morgan fingerprint density at radius 3 is 2.74 bits per heavy atom. The van der Waals surface area contributed by atoms with Crippen LogP contribution in [0.4, 0.5) is 5.69 Å². The van der Waals surface area contributed by atoms with Gasteiger partial charge in [-0.05, 0) is 36.6 Å². The van der Waals surface area contributed by atoms with Gasteiger partial charge in [-0.2, -0.15) is 8.42 Å². The van der Waals surface area contributed by atoms with Gasteiger partial charge in [0, 0.05) is 18.0 Å². The van der Waals surface area contributed by atoms with Gasteiger partial charge in [-0.1, -0.05) is 25.0 Å². The number of anilines is 1. The van der Waals surface area contributed by atoms with Crippen molar-refractivity contribution in [1.29, 1.82) is 0 Å². The van der Waals surface area contributed by atoms with Gasteiger partial charge in [-0.15, -0.1) is 4.40 Å². The third kappa shape index (κ3) is 3.98. The van der Waals surface area contributed by atoms with Gasteiger partial charge in [0.05, 0.1) is 11.2 Å². The number of ether oxygens (including phenoxy) is 1. The van der Waals surface area contributed by atoms with E-state index in [2.05, 4.69) is 9.71 Å². The molecule has 11 heteroatoms. The van der Waals surface area contributed by atoms with Crippen molar-refractivity contribution in [3.63, 3.8) is 0 Å². The number of fused-ring (bicyclic) bond motifs is 2. The average Bonchev–Trinajstić information content (AvgIpc) is 3.62. The number of carbonyl (C=O) groups excluding carboxylic acids is 1. The molecular formula is C23H22N4O6S. The van der Waals surface area contributed by atoms with Gasteiger partial charge in [0.1, 0.15) is 22.0 Å². The second-order valence-electron chi connectivity index (χ2n) is 8.38. The van der Waals surface area contributed by atoms with Crippen molar-refractivity contribution < 1.29 is 23.1 Å². The largest absolute Gasteiger partial charge is 0.506 e. The molecule has 1 aliphatic heterocycles. The molecule has 0 bridgehead atoms. The van der Waals surface area contributed by atoms with Crippen molar-refractivity contribution in [2.75, 3.05) is 11.9 Å². The van der Waals surface area contributed by atoms with Crippen LogP contribution in [0.25, 0.3) is 10.9 Å². The summed E-state index contributed by atoms with van der Waals surface area (Å²) in [5, 5.41) is 14.3. The molecule has 1 amide bonds. The number of nitrogens with one attached hydrogen (secondary N) is 1. The third-order valence-corrected chi connectivity index (χ3v) is 7.23. The number of aryl methyl sites for hydroxylation is 1. The van der Waals surface area contributed by atoms with E-state index in [0.717, 1.165) is 19.3 Å². The zero-order valence-corrected chi connectivity index (χ0v) is 18.8. The highest BCUT2D eigenvalue weighted by molar-refractivity contribution is 7.90. The molecular weight excluding hydrogens is 460 g/mol. The average molecular weight is 483 g/mol. The van der Waals surface area contributed by atoms with Gasteiger partial charge in [0.15, 0.2) is 12.4 Å². The molecule has 34 heavy (non-hydrogen) atoms. The van der Waals surface area contributed by atoms with Crippen molar-refractivity contribution in [1.82, 2.24) is 4.57 Å². The summed E-state index contributed by atoms with van der Waals surface area (Å²) < 4.78 is 36.5. The highest BCUT2D eigenvalue weighted by atomic mass is 32.2. The van der Waals surface area contributed by atoms with Crippen molar-refractivity contribution in [2.45, 2.75) is 30.7 Å². The monoisotopic (exact) mass is 482 g/mol. The Morgan fingerprint density at radius 1 is 1.24 bits per heavy atom. The lowest BCUT2D eigenvalue weighted by molar-refractivity contribution is -0.119. The number of aromatic nitrogens is 1. The Hall–Kier alpha value is -3.86. The van der Waals surface area contributed by atoms with E-state index in [1.165, 1.54) is 18.2 Å². The van der Waals surface area contributed by atoms with Crippen molar-refractivity contribution in [2.24, 2.45) is 16.0 Å². The van der Waals surface area contributed by atoms with E-state index in [4.69, 9.17) is 10.5 Å². The first kappa shape index (κ1) is 22.0. The number of sulfonamides is 1. The Bertz CT molecular complexity index is 1520. The highest BCUT2D eigenvalue weighted by Crippen LogP contribution is 2.35. The maximum absolute atomic E-state index is 13.5. The van der Waals surface area contributed by atoms with E-state index in [-0.39, 0.29) is 33.5 Å². The number of pyridine rings is 1. The SMILES string of the molecule is NC(=O)COc1ccc2c(c1)S(=O)(=O)N=C(c1c(O)c3ccccc3n(CCC3CC3)c1=O)N2. The van der Waals surface area contributed by atoms with Crippen molar-refractivity contribution in [3.8, 4) is 11.5 Å². The third-order valence-electron chi connectivity index (χ3n) is 5.92. The van der Waals surface area contributed by atoms with Crippen LogP contribution in [0.2, 0.25) is 0 Å². The summed E-state index contributed by atoms with van der Waals surface area (Å²) in [7, 11) is -4.25. The summed E-state index contributed by atoms with van der Waals surface area (Å²) >= 11 is 0. The van der Waals surface area contributed by atoms with Gasteiger partial charge < -0.3 is 25.5 Å². The van der Waals surface area contributed by atoms with Crippen LogP contribution in [-0.2, 0) is 21.4 Å². The van der Waals surface area contributed by atoms with Crippen LogP contribution in [0.1, 0.15) is 24.8 Å². The van der Waals surface area contributed by atoms with E-state index in [1.54, 1.807) is 28.8 Å². The molecule has 0 radical (unpaired) electrons. The van der Waals surface area contributed by atoms with Crippen LogP contribution in [0.15, 0.2) is 56.6 Å². The molecule has 0 unspecified atom stereocenters. The van der Waals surface area contributed by atoms with Gasteiger partial charge in [-0.3, -0.25) is 9.59 Å². The first-order valence-electron chi connectivity index (χ1n) is 10.8. The molecule has 1 aromatic heterocycles. The fraction of sp³-hybridized carbons (Fsp3) is 0.261. The molecule has 0 atom stereocenters. The molecule has 1 saturated carbocycles. The zero-order valence-electron chi connectivity index (χ0n) is 18.0. The Morgan fingerprint density at radius 2 is 2.00 bits per heavy atom. The number of hydrogen-bond donors (Lipinski definition) is 3. The fourth-order valence-corrected chi connectivity index (χ4v) is 5.17. The van der Waals surface area contributed by atoms with Gasteiger partial charge >= 0.3 is 0 Å². The number of nitrogens with two attached hydrogens (primary N) is 1. The molecule has 1 fully saturated rings. The minimum Gasteiger partial charge on any atom is -0.506 e. The molecule has 1 aliphatic carbocycles. The molecule has 176 valence electrons. The van der Waals surface area contributed by atoms with Crippen LogP contribution in [0.3, 0.4) is 0 Å². The van der Waals surface area contributed by atoms with Gasteiger partial charge in [-0.25, -0.2) is 0 Å². The Kier molecular flexibility index (Phi) is 5.28. The van der Waals surface area contributed by atoms with Crippen LogP contribution < -0.4 is 21.3 Å². The molecule has 0 spiro atoms. The number of amidine groups is 1. The predicted molar refractivity (Wildman–Crippen MR) is 126 cm³/mol. The Labute approximate surface area is 194 Å². The van der Waals surface area contributed by atoms with Gasteiger partial charge in [0.25, 0.3) is 21.5 Å². The summed E-state index contributed by atoms with van der Waals surface area (Å²) in [6, 6.07) is 11.1. The highest BCUT2D eigenvalue weighted by Gasteiger charge is 2.31. The summed E-state index contributed by atoms with van der Waals surface area (Å²) in [6.07, 6.45) is 3.08. The predicted octanol–water partition coefficient (Wildman–Crippen LogP) is 1.93. The molecule has 5 rings (SSSR count). The van der Waals surface area contributed by atoms with E-state index >= 15 is 0 Å². The second kappa shape index (κ2) is 8.17. The van der Waals surface area contributed by atoms with Gasteiger partial charge in [0.2, 0.25) is 0 Å². The molecule has 2 heterocycles. The maximum atomic E-state index is 13.5. The summed E-state index contributed by atoms with van der Waals surface area (Å²) in [6.45, 7) is 0.0423. The Balaban J connectivity index is 1.61. The summed E-state index contributed by atoms with van der Waals surface area (Å²) in [5.41, 5.74) is 5.06. The van der Waals surface area contributed by atoms with Crippen molar-refractivity contribution >= 4 is 38.4 Å². The number of carbonyl (C=O) groups is 1. The number of benzene rings is 2. The zero-order chi connectivity index (χ0) is 24.0. The van der Waals surface area contributed by atoms with Crippen molar-refractivity contribution in [3.05, 3.63) is 58.4 Å². The van der Waals surface area contributed by atoms with E-state index in [0.29, 0.717) is 23.4 Å². The molecule has 0 saturated heterocycles. The molecule has 10 nitrogen and oxygen atoms in total. The first-order chi connectivity index (χ1) is 16.2. The molecule has 2 aromatic carbocycles. The number of nitrogens with zero attached hydrogens (tertiary/aromatic N) is 2. The van der Waals surface area contributed by atoms with E-state index in [1.807, 2.05) is 0 Å². The number of hydrogen-bond acceptors (Lipinski definition) is 7. The first-order valence-corrected chi connectivity index (χ1v) is 12.2. The van der Waals surface area contributed by atoms with Crippen LogP contribution in [-0.4, -0.2) is 36.4 Å². The lowest BCUT2D eigenvalue weighted by atomic mass is 10.1. The topological polar surface area (TPSA) is 153 Å². The second-order valence-corrected chi connectivity index (χ2v) is 9.96. The molecule has 2 aliphatic rings. The van der Waals surface area contributed by atoms with E-state index < -0.39 is 28.1 Å². The van der Waals surface area contributed by atoms with Crippen LogP contribution in [0.5, 0.6) is 11.5 Å². The lowest BCUT2D eigenvalue weighted by Gasteiger charge is -2.21. The lowest BCUT2D eigenvalue weighted by Crippen LogP contribution is -2.33. The quantitative estimate of drug-likeness (QED) is 0.465. The summed E-state index contributed by atoms with van der Waals surface area (Å²) in [5.74, 6) is -0.603.